The lowest BCUT2D eigenvalue weighted by Crippen LogP contribution is -2.08. The zero-order valence-electron chi connectivity index (χ0n) is 8.24. The topological polar surface area (TPSA) is 56.7 Å². The second-order valence-electron chi connectivity index (χ2n) is 3.20. The molecule has 17 heavy (non-hydrogen) atoms. The molecule has 0 atom stereocenters. The van der Waals surface area contributed by atoms with Crippen LogP contribution in [0.25, 0.3) is 5.69 Å². The molecule has 2 heterocycles. The lowest BCUT2D eigenvalue weighted by Gasteiger charge is -2.05. The zero-order valence-corrected chi connectivity index (χ0v) is 10.4. The molecular weight excluding hydrogens is 348 g/mol. The van der Waals surface area contributed by atoms with E-state index in [1.165, 1.54) is 18.5 Å². The quantitative estimate of drug-likeness (QED) is 0.801. The van der Waals surface area contributed by atoms with E-state index < -0.39 is 11.9 Å². The van der Waals surface area contributed by atoms with Gasteiger partial charge >= 0.3 is 6.18 Å². The van der Waals surface area contributed by atoms with Crippen LogP contribution in [0.15, 0.2) is 24.5 Å². The standard InChI is InChI=1S/C9H6F3IN4/c10-9(11,12)7-1-2-17(16-7)6-3-8(14)15-4-5(6)13/h1-4H,(H2,14,15). The predicted molar refractivity (Wildman–Crippen MR) is 63.5 cm³/mol. The summed E-state index contributed by atoms with van der Waals surface area (Å²) in [5, 5.41) is 3.46. The van der Waals surface area contributed by atoms with Crippen molar-refractivity contribution in [3.05, 3.63) is 33.8 Å². The van der Waals surface area contributed by atoms with Crippen molar-refractivity contribution >= 4 is 28.4 Å². The number of rotatable bonds is 1. The molecule has 0 aromatic carbocycles. The van der Waals surface area contributed by atoms with Gasteiger partial charge < -0.3 is 5.73 Å². The highest BCUT2D eigenvalue weighted by Gasteiger charge is 2.33. The third-order valence-electron chi connectivity index (χ3n) is 1.98. The molecular formula is C9H6F3IN4. The highest BCUT2D eigenvalue weighted by atomic mass is 127. The first-order valence-corrected chi connectivity index (χ1v) is 5.50. The summed E-state index contributed by atoms with van der Waals surface area (Å²) in [7, 11) is 0. The molecule has 0 aliphatic heterocycles. The zero-order chi connectivity index (χ0) is 12.6. The van der Waals surface area contributed by atoms with Crippen molar-refractivity contribution in [2.75, 3.05) is 5.73 Å². The number of nitrogen functional groups attached to an aromatic ring is 1. The van der Waals surface area contributed by atoms with Crippen molar-refractivity contribution < 1.29 is 13.2 Å². The molecule has 0 bridgehead atoms. The molecule has 0 aliphatic carbocycles. The van der Waals surface area contributed by atoms with E-state index >= 15 is 0 Å². The van der Waals surface area contributed by atoms with Gasteiger partial charge in [0.15, 0.2) is 5.69 Å². The minimum Gasteiger partial charge on any atom is -0.384 e. The Bertz CT molecular complexity index is 549. The molecule has 0 spiro atoms. The van der Waals surface area contributed by atoms with Crippen LogP contribution in [0.5, 0.6) is 0 Å². The Morgan fingerprint density at radius 3 is 2.65 bits per heavy atom. The Morgan fingerprint density at radius 2 is 2.06 bits per heavy atom. The Morgan fingerprint density at radius 1 is 1.35 bits per heavy atom. The van der Waals surface area contributed by atoms with Crippen LogP contribution in [-0.2, 0) is 6.18 Å². The van der Waals surface area contributed by atoms with Crippen LogP contribution in [0.4, 0.5) is 19.0 Å². The molecule has 4 nitrogen and oxygen atoms in total. The largest absolute Gasteiger partial charge is 0.435 e. The number of halogens is 4. The number of aromatic nitrogens is 3. The van der Waals surface area contributed by atoms with Crippen LogP contribution in [0.1, 0.15) is 5.69 Å². The Kier molecular flexibility index (Phi) is 2.98. The van der Waals surface area contributed by atoms with Gasteiger partial charge in [0.05, 0.1) is 9.26 Å². The Hall–Kier alpha value is -1.32. The average molecular weight is 354 g/mol. The molecule has 2 aromatic heterocycles. The van der Waals surface area contributed by atoms with Gasteiger partial charge in [-0.2, -0.15) is 18.3 Å². The number of hydrogen-bond acceptors (Lipinski definition) is 3. The molecule has 90 valence electrons. The van der Waals surface area contributed by atoms with Gasteiger partial charge in [-0.1, -0.05) is 0 Å². The average Bonchev–Trinajstić information content (AvgIpc) is 2.70. The van der Waals surface area contributed by atoms with E-state index in [1.54, 1.807) is 0 Å². The first-order chi connectivity index (χ1) is 7.88. The van der Waals surface area contributed by atoms with E-state index in [-0.39, 0.29) is 5.82 Å². The van der Waals surface area contributed by atoms with E-state index in [0.29, 0.717) is 9.26 Å². The summed E-state index contributed by atoms with van der Waals surface area (Å²) < 4.78 is 38.9. The minimum absolute atomic E-state index is 0.226. The van der Waals surface area contributed by atoms with Crippen LogP contribution in [-0.4, -0.2) is 14.8 Å². The van der Waals surface area contributed by atoms with E-state index in [1.807, 2.05) is 22.6 Å². The Labute approximate surface area is 108 Å². The van der Waals surface area contributed by atoms with Gasteiger partial charge in [-0.15, -0.1) is 0 Å². The minimum atomic E-state index is -4.45. The molecule has 0 aliphatic rings. The summed E-state index contributed by atoms with van der Waals surface area (Å²) in [5.74, 6) is 0.226. The smallest absolute Gasteiger partial charge is 0.384 e. The first kappa shape index (κ1) is 12.1. The molecule has 2 aromatic rings. The number of alkyl halides is 3. The van der Waals surface area contributed by atoms with Crippen molar-refractivity contribution in [3.63, 3.8) is 0 Å². The fraction of sp³-hybridized carbons (Fsp3) is 0.111. The van der Waals surface area contributed by atoms with Gasteiger partial charge in [-0.25, -0.2) is 9.67 Å². The number of nitrogens with two attached hydrogens (primary N) is 1. The second-order valence-corrected chi connectivity index (χ2v) is 4.37. The molecule has 0 saturated carbocycles. The molecule has 2 N–H and O–H groups in total. The van der Waals surface area contributed by atoms with E-state index in [4.69, 9.17) is 5.73 Å². The molecule has 0 saturated heterocycles. The van der Waals surface area contributed by atoms with Gasteiger partial charge in [0, 0.05) is 18.5 Å². The van der Waals surface area contributed by atoms with Crippen LogP contribution in [0, 0.1) is 3.57 Å². The van der Waals surface area contributed by atoms with Gasteiger partial charge in [-0.05, 0) is 28.7 Å². The van der Waals surface area contributed by atoms with E-state index in [2.05, 4.69) is 10.1 Å². The van der Waals surface area contributed by atoms with Crippen LogP contribution < -0.4 is 5.73 Å². The third kappa shape index (κ3) is 2.51. The van der Waals surface area contributed by atoms with E-state index in [9.17, 15) is 13.2 Å². The van der Waals surface area contributed by atoms with Crippen molar-refractivity contribution in [1.82, 2.24) is 14.8 Å². The summed E-state index contributed by atoms with van der Waals surface area (Å²) in [6, 6.07) is 2.38. The maximum absolute atomic E-state index is 12.4. The maximum atomic E-state index is 12.4. The molecule has 8 heteroatoms. The van der Waals surface area contributed by atoms with Crippen molar-refractivity contribution in [2.24, 2.45) is 0 Å². The first-order valence-electron chi connectivity index (χ1n) is 4.42. The highest BCUT2D eigenvalue weighted by Crippen LogP contribution is 2.28. The number of nitrogens with zero attached hydrogens (tertiary/aromatic N) is 3. The van der Waals surface area contributed by atoms with E-state index in [0.717, 1.165) is 10.7 Å². The summed E-state index contributed by atoms with van der Waals surface area (Å²) in [5.41, 5.74) is 5.00. The monoisotopic (exact) mass is 354 g/mol. The molecule has 0 fully saturated rings. The fourth-order valence-corrected chi connectivity index (χ4v) is 1.77. The van der Waals surface area contributed by atoms with Crippen molar-refractivity contribution in [3.8, 4) is 5.69 Å². The normalized spacial score (nSPS) is 11.8. The summed E-state index contributed by atoms with van der Waals surface area (Å²) in [6.45, 7) is 0. The summed E-state index contributed by atoms with van der Waals surface area (Å²) in [6.07, 6.45) is -1.74. The van der Waals surface area contributed by atoms with Crippen molar-refractivity contribution in [2.45, 2.75) is 6.18 Å². The molecule has 0 unspecified atom stereocenters. The third-order valence-corrected chi connectivity index (χ3v) is 2.81. The Balaban J connectivity index is 2.47. The SMILES string of the molecule is Nc1cc(-n2ccc(C(F)(F)F)n2)c(I)cn1. The van der Waals surface area contributed by atoms with Crippen molar-refractivity contribution in [1.29, 1.82) is 0 Å². The lowest BCUT2D eigenvalue weighted by atomic mass is 10.4. The second kappa shape index (κ2) is 4.17. The molecule has 0 radical (unpaired) electrons. The highest BCUT2D eigenvalue weighted by molar-refractivity contribution is 14.1. The van der Waals surface area contributed by atoms with Gasteiger partial charge in [0.2, 0.25) is 0 Å². The number of anilines is 1. The predicted octanol–water partition coefficient (Wildman–Crippen LogP) is 2.47. The van der Waals surface area contributed by atoms with Gasteiger partial charge in [-0.3, -0.25) is 0 Å². The van der Waals surface area contributed by atoms with Crippen LogP contribution in [0.2, 0.25) is 0 Å². The lowest BCUT2D eigenvalue weighted by molar-refractivity contribution is -0.141. The summed E-state index contributed by atoms with van der Waals surface area (Å²) >= 11 is 1.95. The van der Waals surface area contributed by atoms with Crippen LogP contribution >= 0.6 is 22.6 Å². The van der Waals surface area contributed by atoms with Crippen LogP contribution in [0.3, 0.4) is 0 Å². The molecule has 2 rings (SSSR count). The summed E-state index contributed by atoms with van der Waals surface area (Å²) in [4.78, 5) is 3.83. The molecule has 0 amide bonds. The maximum Gasteiger partial charge on any atom is 0.435 e. The number of pyridine rings is 1. The van der Waals surface area contributed by atoms with Gasteiger partial charge in [0.25, 0.3) is 0 Å². The van der Waals surface area contributed by atoms with Gasteiger partial charge in [0.1, 0.15) is 5.82 Å². The fourth-order valence-electron chi connectivity index (χ4n) is 1.23. The number of hydrogen-bond donors (Lipinski definition) is 1.